The Labute approximate surface area is 278 Å². The molecule has 3 atom stereocenters. The van der Waals surface area contributed by atoms with Crippen molar-refractivity contribution in [1.29, 1.82) is 0 Å². The molecule has 2 aromatic heterocycles. The van der Waals surface area contributed by atoms with Gasteiger partial charge in [0.25, 0.3) is 0 Å². The molecule has 12 heteroatoms. The van der Waals surface area contributed by atoms with Gasteiger partial charge < -0.3 is 36.5 Å². The minimum Gasteiger partial charge on any atom is -0.493 e. The summed E-state index contributed by atoms with van der Waals surface area (Å²) in [6.07, 6.45) is 1.15. The van der Waals surface area contributed by atoms with Gasteiger partial charge in [0.1, 0.15) is 28.7 Å². The lowest BCUT2D eigenvalue weighted by Crippen LogP contribution is -2.50. The van der Waals surface area contributed by atoms with E-state index in [1.54, 1.807) is 32.0 Å². The summed E-state index contributed by atoms with van der Waals surface area (Å²) < 4.78 is 12.8. The molecule has 1 saturated carbocycles. The number of nitrogens with zero attached hydrogens (tertiary/aromatic N) is 2. The third-order valence-electron chi connectivity index (χ3n) is 8.91. The van der Waals surface area contributed by atoms with Gasteiger partial charge in [0, 0.05) is 5.92 Å². The van der Waals surface area contributed by atoms with E-state index in [2.05, 4.69) is 10.3 Å². The SMILES string of the molecule is Cc1nc2cccc(OC3CC(c4ccc(OCC(C)C)c5c(N)c(C(=O)O)c(C)nc45)CCC3NC(=O)C(C)C)c2c(N)c1C(=O)O. The van der Waals surface area contributed by atoms with E-state index in [0.717, 1.165) is 5.56 Å². The second-order valence-electron chi connectivity index (χ2n) is 13.2. The summed E-state index contributed by atoms with van der Waals surface area (Å²) in [7, 11) is 0. The molecule has 0 spiro atoms. The number of anilines is 2. The summed E-state index contributed by atoms with van der Waals surface area (Å²) in [5, 5.41) is 23.8. The highest BCUT2D eigenvalue weighted by Gasteiger charge is 2.36. The number of pyridine rings is 2. The number of aromatic nitrogens is 2. The summed E-state index contributed by atoms with van der Waals surface area (Å²) in [5.74, 6) is -1.78. The molecule has 3 unspecified atom stereocenters. The lowest BCUT2D eigenvalue weighted by atomic mass is 9.78. The zero-order valence-electron chi connectivity index (χ0n) is 28.1. The summed E-state index contributed by atoms with van der Waals surface area (Å²) >= 11 is 0. The van der Waals surface area contributed by atoms with Gasteiger partial charge in [-0.2, -0.15) is 0 Å². The van der Waals surface area contributed by atoms with Crippen LogP contribution in [-0.2, 0) is 4.79 Å². The van der Waals surface area contributed by atoms with Crippen LogP contribution in [0.4, 0.5) is 11.4 Å². The standard InChI is InChI=1S/C36H43N5O7/c1-16(2)15-47-24-13-11-21(33-30(24)32(38)28(36(45)46)19(6)40-33)20-10-12-22(41-34(42)17(3)4)26(14-20)48-25-9-7-8-23-29(25)31(37)27(35(43)44)18(5)39-23/h7-9,11,13,16-17,20,22,26H,10,12,14-15H2,1-6H3,(H2,37,39)(H2,38,40)(H,41,42)(H,43,44)(H,45,46). The van der Waals surface area contributed by atoms with E-state index in [0.29, 0.717) is 70.6 Å². The number of amides is 1. The van der Waals surface area contributed by atoms with Gasteiger partial charge in [0.2, 0.25) is 5.91 Å². The number of carbonyl (C=O) groups is 3. The Morgan fingerprint density at radius 2 is 1.54 bits per heavy atom. The molecule has 0 saturated heterocycles. The van der Waals surface area contributed by atoms with Crippen LogP contribution in [-0.4, -0.2) is 56.8 Å². The fraction of sp³-hybridized carbons (Fsp3) is 0.417. The third kappa shape index (κ3) is 6.51. The van der Waals surface area contributed by atoms with Gasteiger partial charge in [-0.15, -0.1) is 0 Å². The Morgan fingerprint density at radius 3 is 2.17 bits per heavy atom. The topological polar surface area (TPSA) is 200 Å². The molecular formula is C36H43N5O7. The molecule has 0 bridgehead atoms. The molecule has 48 heavy (non-hydrogen) atoms. The number of carbonyl (C=O) groups excluding carboxylic acids is 1. The monoisotopic (exact) mass is 657 g/mol. The average Bonchev–Trinajstić information content (AvgIpc) is 3.00. The number of nitrogens with one attached hydrogen (secondary N) is 1. The number of benzene rings is 2. The molecule has 1 aliphatic rings. The van der Waals surface area contributed by atoms with E-state index in [-0.39, 0.29) is 52.2 Å². The minimum absolute atomic E-state index is 0.0584. The maximum Gasteiger partial charge on any atom is 0.339 e. The molecule has 0 aliphatic heterocycles. The normalized spacial score (nSPS) is 18.0. The molecule has 0 radical (unpaired) electrons. The van der Waals surface area contributed by atoms with Crippen LogP contribution in [0.5, 0.6) is 11.5 Å². The molecule has 254 valence electrons. The van der Waals surface area contributed by atoms with Gasteiger partial charge in [-0.05, 0) is 68.7 Å². The summed E-state index contributed by atoms with van der Waals surface area (Å²) in [5.41, 5.74) is 15.5. The number of fused-ring (bicyclic) bond motifs is 2. The predicted octanol–water partition coefficient (Wildman–Crippen LogP) is 5.85. The molecule has 1 aliphatic carbocycles. The summed E-state index contributed by atoms with van der Waals surface area (Å²) in [6, 6.07) is 8.64. The predicted molar refractivity (Wildman–Crippen MR) is 184 cm³/mol. The number of nitrogens with two attached hydrogens (primary N) is 2. The van der Waals surface area contributed by atoms with Crippen molar-refractivity contribution in [3.05, 3.63) is 58.4 Å². The quantitative estimate of drug-likeness (QED) is 0.137. The average molecular weight is 658 g/mol. The van der Waals surface area contributed by atoms with Crippen LogP contribution in [0.2, 0.25) is 0 Å². The van der Waals surface area contributed by atoms with E-state index in [9.17, 15) is 24.6 Å². The van der Waals surface area contributed by atoms with Gasteiger partial charge in [0.15, 0.2) is 0 Å². The van der Waals surface area contributed by atoms with E-state index in [1.165, 1.54) is 0 Å². The Hall–Kier alpha value is -5.13. The maximum atomic E-state index is 12.9. The first-order chi connectivity index (χ1) is 22.7. The lowest BCUT2D eigenvalue weighted by molar-refractivity contribution is -0.125. The largest absolute Gasteiger partial charge is 0.493 e. The van der Waals surface area contributed by atoms with E-state index >= 15 is 0 Å². The third-order valence-corrected chi connectivity index (χ3v) is 8.91. The van der Waals surface area contributed by atoms with Crippen molar-refractivity contribution in [2.24, 2.45) is 11.8 Å². The number of aryl methyl sites for hydroxylation is 2. The first-order valence-electron chi connectivity index (χ1n) is 16.2. The Balaban J connectivity index is 1.61. The Morgan fingerprint density at radius 1 is 0.896 bits per heavy atom. The van der Waals surface area contributed by atoms with Gasteiger partial charge in [-0.3, -0.25) is 14.8 Å². The van der Waals surface area contributed by atoms with Gasteiger partial charge in [-0.25, -0.2) is 9.59 Å². The smallest absolute Gasteiger partial charge is 0.339 e. The summed E-state index contributed by atoms with van der Waals surface area (Å²) in [4.78, 5) is 46.4. The van der Waals surface area contributed by atoms with Crippen molar-refractivity contribution in [3.8, 4) is 11.5 Å². The number of hydrogen-bond acceptors (Lipinski definition) is 9. The zero-order chi connectivity index (χ0) is 35.0. The van der Waals surface area contributed by atoms with Crippen molar-refractivity contribution in [3.63, 3.8) is 0 Å². The minimum atomic E-state index is -1.19. The van der Waals surface area contributed by atoms with Gasteiger partial charge in [0.05, 0.1) is 57.2 Å². The van der Waals surface area contributed by atoms with Crippen molar-refractivity contribution >= 4 is 51.0 Å². The first kappa shape index (κ1) is 34.2. The van der Waals surface area contributed by atoms with E-state index in [1.807, 2.05) is 39.8 Å². The van der Waals surface area contributed by atoms with Crippen LogP contribution >= 0.6 is 0 Å². The maximum absolute atomic E-state index is 12.9. The molecule has 2 aromatic carbocycles. The van der Waals surface area contributed by atoms with Crippen molar-refractivity contribution in [2.45, 2.75) is 78.9 Å². The van der Waals surface area contributed by atoms with Crippen LogP contribution in [0.25, 0.3) is 21.8 Å². The first-order valence-corrected chi connectivity index (χ1v) is 16.2. The van der Waals surface area contributed by atoms with Crippen LogP contribution in [0, 0.1) is 25.7 Å². The second kappa shape index (κ2) is 13.5. The number of rotatable bonds is 10. The van der Waals surface area contributed by atoms with E-state index < -0.39 is 18.0 Å². The Bertz CT molecular complexity index is 1920. The molecule has 1 fully saturated rings. The van der Waals surface area contributed by atoms with Crippen LogP contribution in [0.3, 0.4) is 0 Å². The van der Waals surface area contributed by atoms with Crippen LogP contribution in [0.1, 0.15) is 90.5 Å². The lowest BCUT2D eigenvalue weighted by Gasteiger charge is -2.37. The molecule has 5 rings (SSSR count). The van der Waals surface area contributed by atoms with Crippen LogP contribution in [0.15, 0.2) is 30.3 Å². The number of carboxylic acid groups (broad SMARTS) is 2. The highest BCUT2D eigenvalue weighted by molar-refractivity contribution is 6.08. The summed E-state index contributed by atoms with van der Waals surface area (Å²) in [6.45, 7) is 11.3. The molecule has 7 N–H and O–H groups in total. The van der Waals surface area contributed by atoms with Crippen molar-refractivity contribution < 1.29 is 34.1 Å². The number of nitrogen functional groups attached to an aromatic ring is 2. The fourth-order valence-corrected chi connectivity index (χ4v) is 6.52. The van der Waals surface area contributed by atoms with Gasteiger partial charge >= 0.3 is 11.9 Å². The van der Waals surface area contributed by atoms with E-state index in [4.69, 9.17) is 25.9 Å². The Kier molecular flexibility index (Phi) is 9.65. The van der Waals surface area contributed by atoms with Gasteiger partial charge in [-0.1, -0.05) is 39.8 Å². The number of aromatic carboxylic acids is 2. The van der Waals surface area contributed by atoms with Crippen molar-refractivity contribution in [1.82, 2.24) is 15.3 Å². The van der Waals surface area contributed by atoms with Crippen molar-refractivity contribution in [2.75, 3.05) is 18.1 Å². The number of ether oxygens (including phenoxy) is 2. The molecule has 2 heterocycles. The zero-order valence-corrected chi connectivity index (χ0v) is 28.1. The van der Waals surface area contributed by atoms with Crippen LogP contribution < -0.4 is 26.3 Å². The molecular weight excluding hydrogens is 614 g/mol. The molecule has 1 amide bonds. The highest BCUT2D eigenvalue weighted by Crippen LogP contribution is 2.43. The second-order valence-corrected chi connectivity index (χ2v) is 13.2. The number of carboxylic acids is 2. The molecule has 4 aromatic rings. The number of hydrogen-bond donors (Lipinski definition) is 5. The highest BCUT2D eigenvalue weighted by atomic mass is 16.5. The molecule has 12 nitrogen and oxygen atoms in total. The fourth-order valence-electron chi connectivity index (χ4n) is 6.52.